The Morgan fingerprint density at radius 3 is 2.75 bits per heavy atom. The monoisotopic (exact) mass is 241 g/mol. The highest BCUT2D eigenvalue weighted by atomic mass is 35.5. The standard InChI is InChI=1S/C13H20ClNO/c1-4-12(15-5-2)9-16-13-8-11(14)7-6-10(13)3/h6-8,12,15H,4-5,9H2,1-3H3. The van der Waals surface area contributed by atoms with Crippen LogP contribution in [0.5, 0.6) is 5.75 Å². The molecule has 90 valence electrons. The van der Waals surface area contributed by atoms with E-state index in [9.17, 15) is 0 Å². The van der Waals surface area contributed by atoms with Crippen LogP contribution in [0.3, 0.4) is 0 Å². The van der Waals surface area contributed by atoms with E-state index in [1.807, 2.05) is 25.1 Å². The van der Waals surface area contributed by atoms with E-state index in [4.69, 9.17) is 16.3 Å². The van der Waals surface area contributed by atoms with Crippen molar-refractivity contribution in [2.45, 2.75) is 33.2 Å². The maximum Gasteiger partial charge on any atom is 0.123 e. The Balaban J connectivity index is 2.55. The van der Waals surface area contributed by atoms with Crippen LogP contribution in [-0.2, 0) is 0 Å². The molecule has 0 fully saturated rings. The molecule has 0 bridgehead atoms. The van der Waals surface area contributed by atoms with Crippen molar-refractivity contribution in [3.05, 3.63) is 28.8 Å². The number of benzene rings is 1. The number of rotatable bonds is 6. The Kier molecular flexibility index (Phi) is 5.64. The van der Waals surface area contributed by atoms with Crippen LogP contribution < -0.4 is 10.1 Å². The Labute approximate surface area is 103 Å². The number of hydrogen-bond acceptors (Lipinski definition) is 2. The van der Waals surface area contributed by atoms with Crippen molar-refractivity contribution in [1.82, 2.24) is 5.32 Å². The third-order valence-electron chi connectivity index (χ3n) is 2.58. The van der Waals surface area contributed by atoms with Crippen molar-refractivity contribution in [3.63, 3.8) is 0 Å². The second-order valence-electron chi connectivity index (χ2n) is 3.88. The molecule has 0 saturated carbocycles. The summed E-state index contributed by atoms with van der Waals surface area (Å²) < 4.78 is 5.78. The summed E-state index contributed by atoms with van der Waals surface area (Å²) in [4.78, 5) is 0. The molecule has 0 spiro atoms. The van der Waals surface area contributed by atoms with Gasteiger partial charge < -0.3 is 10.1 Å². The van der Waals surface area contributed by atoms with Crippen molar-refractivity contribution in [1.29, 1.82) is 0 Å². The maximum absolute atomic E-state index is 5.93. The lowest BCUT2D eigenvalue weighted by Gasteiger charge is -2.17. The van der Waals surface area contributed by atoms with Crippen molar-refractivity contribution in [2.75, 3.05) is 13.2 Å². The molecule has 1 unspecified atom stereocenters. The Bertz CT molecular complexity index is 328. The number of halogens is 1. The van der Waals surface area contributed by atoms with Gasteiger partial charge in [0.2, 0.25) is 0 Å². The van der Waals surface area contributed by atoms with Gasteiger partial charge in [0.05, 0.1) is 0 Å². The zero-order chi connectivity index (χ0) is 12.0. The van der Waals surface area contributed by atoms with Gasteiger partial charge in [-0.25, -0.2) is 0 Å². The van der Waals surface area contributed by atoms with Crippen LogP contribution >= 0.6 is 11.6 Å². The highest BCUT2D eigenvalue weighted by Gasteiger charge is 2.06. The number of nitrogens with one attached hydrogen (secondary N) is 1. The fraction of sp³-hybridized carbons (Fsp3) is 0.538. The lowest BCUT2D eigenvalue weighted by molar-refractivity contribution is 0.261. The number of likely N-dealkylation sites (N-methyl/N-ethyl adjacent to an activating group) is 1. The third kappa shape index (κ3) is 4.03. The van der Waals surface area contributed by atoms with Crippen LogP contribution in [0.25, 0.3) is 0 Å². The highest BCUT2D eigenvalue weighted by molar-refractivity contribution is 6.30. The first-order valence-electron chi connectivity index (χ1n) is 5.79. The van der Waals surface area contributed by atoms with E-state index in [2.05, 4.69) is 19.2 Å². The van der Waals surface area contributed by atoms with E-state index < -0.39 is 0 Å². The van der Waals surface area contributed by atoms with Crippen molar-refractivity contribution in [2.24, 2.45) is 0 Å². The normalized spacial score (nSPS) is 12.5. The first kappa shape index (κ1) is 13.3. The van der Waals surface area contributed by atoms with E-state index in [0.29, 0.717) is 12.6 Å². The molecule has 0 radical (unpaired) electrons. The van der Waals surface area contributed by atoms with Crippen LogP contribution in [0, 0.1) is 6.92 Å². The van der Waals surface area contributed by atoms with Gasteiger partial charge in [0.1, 0.15) is 12.4 Å². The highest BCUT2D eigenvalue weighted by Crippen LogP contribution is 2.22. The predicted molar refractivity (Wildman–Crippen MR) is 69.4 cm³/mol. The molecule has 1 atom stereocenters. The van der Waals surface area contributed by atoms with Crippen molar-refractivity contribution >= 4 is 11.6 Å². The number of hydrogen-bond donors (Lipinski definition) is 1. The first-order valence-corrected chi connectivity index (χ1v) is 6.17. The molecule has 2 nitrogen and oxygen atoms in total. The molecule has 0 heterocycles. The summed E-state index contributed by atoms with van der Waals surface area (Å²) in [5.74, 6) is 0.879. The van der Waals surface area contributed by atoms with Gasteiger partial charge in [0, 0.05) is 11.1 Å². The van der Waals surface area contributed by atoms with Crippen molar-refractivity contribution < 1.29 is 4.74 Å². The van der Waals surface area contributed by atoms with E-state index in [-0.39, 0.29) is 0 Å². The topological polar surface area (TPSA) is 21.3 Å². The minimum atomic E-state index is 0.406. The summed E-state index contributed by atoms with van der Waals surface area (Å²) in [7, 11) is 0. The van der Waals surface area contributed by atoms with E-state index >= 15 is 0 Å². The zero-order valence-corrected chi connectivity index (χ0v) is 11.0. The van der Waals surface area contributed by atoms with Gasteiger partial charge in [0.25, 0.3) is 0 Å². The molecule has 0 amide bonds. The van der Waals surface area contributed by atoms with E-state index in [1.165, 1.54) is 0 Å². The van der Waals surface area contributed by atoms with Gasteiger partial charge in [-0.2, -0.15) is 0 Å². The first-order chi connectivity index (χ1) is 7.67. The summed E-state index contributed by atoms with van der Waals surface area (Å²) in [6.45, 7) is 7.94. The summed E-state index contributed by atoms with van der Waals surface area (Å²) in [5, 5.41) is 4.10. The fourth-order valence-corrected chi connectivity index (χ4v) is 1.69. The number of aryl methyl sites for hydroxylation is 1. The molecule has 0 aliphatic carbocycles. The van der Waals surface area contributed by atoms with Crippen LogP contribution in [-0.4, -0.2) is 19.2 Å². The molecular weight excluding hydrogens is 222 g/mol. The van der Waals surface area contributed by atoms with Crippen LogP contribution in [0.4, 0.5) is 0 Å². The maximum atomic E-state index is 5.93. The van der Waals surface area contributed by atoms with Crippen LogP contribution in [0.15, 0.2) is 18.2 Å². The van der Waals surface area contributed by atoms with E-state index in [1.54, 1.807) is 0 Å². The SMILES string of the molecule is CCNC(CC)COc1cc(Cl)ccc1C. The molecule has 0 saturated heterocycles. The van der Waals surface area contributed by atoms with Gasteiger partial charge in [-0.3, -0.25) is 0 Å². The number of ether oxygens (including phenoxy) is 1. The summed E-state index contributed by atoms with van der Waals surface area (Å²) in [6, 6.07) is 6.13. The molecule has 0 aliphatic heterocycles. The zero-order valence-electron chi connectivity index (χ0n) is 10.2. The summed E-state index contributed by atoms with van der Waals surface area (Å²) >= 11 is 5.93. The van der Waals surface area contributed by atoms with E-state index in [0.717, 1.165) is 29.3 Å². The predicted octanol–water partition coefficient (Wildman–Crippen LogP) is 3.42. The average Bonchev–Trinajstić information content (AvgIpc) is 2.28. The molecule has 0 aliphatic rings. The second kappa shape index (κ2) is 6.77. The molecular formula is C13H20ClNO. The largest absolute Gasteiger partial charge is 0.492 e. The Morgan fingerprint density at radius 1 is 1.38 bits per heavy atom. The van der Waals surface area contributed by atoms with Crippen molar-refractivity contribution in [3.8, 4) is 5.75 Å². The van der Waals surface area contributed by atoms with Gasteiger partial charge in [-0.15, -0.1) is 0 Å². The van der Waals surface area contributed by atoms with Crippen LogP contribution in [0.1, 0.15) is 25.8 Å². The Hall–Kier alpha value is -0.730. The molecule has 16 heavy (non-hydrogen) atoms. The van der Waals surface area contributed by atoms with Gasteiger partial charge >= 0.3 is 0 Å². The second-order valence-corrected chi connectivity index (χ2v) is 4.32. The van der Waals surface area contributed by atoms with Crippen LogP contribution in [0.2, 0.25) is 5.02 Å². The Morgan fingerprint density at radius 2 is 2.12 bits per heavy atom. The minimum absolute atomic E-state index is 0.406. The van der Waals surface area contributed by atoms with Gasteiger partial charge in [-0.1, -0.05) is 31.5 Å². The third-order valence-corrected chi connectivity index (χ3v) is 2.81. The molecule has 1 N–H and O–H groups in total. The molecule has 1 aromatic carbocycles. The summed E-state index contributed by atoms with van der Waals surface area (Å²) in [6.07, 6.45) is 1.06. The summed E-state index contributed by atoms with van der Waals surface area (Å²) in [5.41, 5.74) is 1.12. The average molecular weight is 242 g/mol. The van der Waals surface area contributed by atoms with Gasteiger partial charge in [0.15, 0.2) is 0 Å². The lowest BCUT2D eigenvalue weighted by atomic mass is 10.2. The molecule has 3 heteroatoms. The molecule has 1 aromatic rings. The molecule has 0 aromatic heterocycles. The molecule has 1 rings (SSSR count). The fourth-order valence-electron chi connectivity index (χ4n) is 1.53. The van der Waals surface area contributed by atoms with Gasteiger partial charge in [-0.05, 0) is 37.6 Å². The minimum Gasteiger partial charge on any atom is -0.492 e. The lowest BCUT2D eigenvalue weighted by Crippen LogP contribution is -2.33. The smallest absolute Gasteiger partial charge is 0.123 e. The quantitative estimate of drug-likeness (QED) is 0.824.